The third-order valence-electron chi connectivity index (χ3n) is 2.42. The fourth-order valence-electron chi connectivity index (χ4n) is 1.65. The highest BCUT2D eigenvalue weighted by atomic mass is 16.5. The van der Waals surface area contributed by atoms with Crippen LogP contribution in [0.4, 0.5) is 5.82 Å². The van der Waals surface area contributed by atoms with E-state index in [1.807, 2.05) is 7.05 Å². The van der Waals surface area contributed by atoms with E-state index in [1.54, 1.807) is 0 Å². The molecule has 1 saturated heterocycles. The van der Waals surface area contributed by atoms with E-state index in [0.29, 0.717) is 5.92 Å². The molecule has 2 N–H and O–H groups in total. The molecular formula is C9H15N3O. The Hall–Kier alpha value is -1.03. The second-order valence-electron chi connectivity index (χ2n) is 3.46. The van der Waals surface area contributed by atoms with Crippen molar-refractivity contribution in [3.8, 4) is 0 Å². The van der Waals surface area contributed by atoms with Crippen LogP contribution in [0.15, 0.2) is 6.07 Å². The molecule has 0 amide bonds. The molecule has 1 atom stereocenters. The first-order valence-corrected chi connectivity index (χ1v) is 4.68. The van der Waals surface area contributed by atoms with Gasteiger partial charge < -0.3 is 10.1 Å². The molecule has 1 aliphatic rings. The zero-order valence-electron chi connectivity index (χ0n) is 7.84. The summed E-state index contributed by atoms with van der Waals surface area (Å²) in [6.07, 6.45) is 2.22. The molecular weight excluding hydrogens is 166 g/mol. The Labute approximate surface area is 77.7 Å². The second kappa shape index (κ2) is 3.79. The Bertz CT molecular complexity index is 266. The largest absolute Gasteiger partial charge is 0.381 e. The molecule has 1 aromatic rings. The van der Waals surface area contributed by atoms with Crippen molar-refractivity contribution in [3.63, 3.8) is 0 Å². The average Bonchev–Trinajstić information content (AvgIpc) is 2.76. The third-order valence-corrected chi connectivity index (χ3v) is 2.42. The summed E-state index contributed by atoms with van der Waals surface area (Å²) < 4.78 is 5.31. The quantitative estimate of drug-likeness (QED) is 0.732. The Morgan fingerprint density at radius 3 is 3.31 bits per heavy atom. The molecule has 2 rings (SSSR count). The molecule has 4 heteroatoms. The van der Waals surface area contributed by atoms with Gasteiger partial charge in [0.25, 0.3) is 0 Å². The number of hydrogen-bond donors (Lipinski definition) is 2. The first-order chi connectivity index (χ1) is 6.38. The van der Waals surface area contributed by atoms with Gasteiger partial charge in [0, 0.05) is 32.0 Å². The summed E-state index contributed by atoms with van der Waals surface area (Å²) in [5, 5.41) is 10.1. The van der Waals surface area contributed by atoms with Crippen LogP contribution in [0.2, 0.25) is 0 Å². The van der Waals surface area contributed by atoms with Crippen LogP contribution >= 0.6 is 0 Å². The van der Waals surface area contributed by atoms with Crippen molar-refractivity contribution >= 4 is 5.82 Å². The van der Waals surface area contributed by atoms with Gasteiger partial charge in [0.05, 0.1) is 0 Å². The van der Waals surface area contributed by atoms with E-state index in [9.17, 15) is 0 Å². The first kappa shape index (κ1) is 8.56. The predicted molar refractivity (Wildman–Crippen MR) is 50.8 cm³/mol. The highest BCUT2D eigenvalue weighted by Gasteiger charge is 2.16. The molecule has 0 spiro atoms. The van der Waals surface area contributed by atoms with E-state index >= 15 is 0 Å². The van der Waals surface area contributed by atoms with Crippen LogP contribution in [0.1, 0.15) is 12.1 Å². The van der Waals surface area contributed by atoms with Crippen LogP contribution in [-0.2, 0) is 11.2 Å². The fourth-order valence-corrected chi connectivity index (χ4v) is 1.65. The average molecular weight is 181 g/mol. The minimum atomic E-state index is 0.671. The molecule has 13 heavy (non-hydrogen) atoms. The summed E-state index contributed by atoms with van der Waals surface area (Å²) >= 11 is 0. The standard InChI is InChI=1S/C9H15N3O/c1-10-9-5-8(11-12-9)4-7-2-3-13-6-7/h5,7H,2-4,6H2,1H3,(H2,10,11,12). The van der Waals surface area contributed by atoms with Crippen LogP contribution in [0.3, 0.4) is 0 Å². The van der Waals surface area contributed by atoms with Gasteiger partial charge in [-0.1, -0.05) is 0 Å². The van der Waals surface area contributed by atoms with Gasteiger partial charge in [0.2, 0.25) is 0 Å². The second-order valence-corrected chi connectivity index (χ2v) is 3.46. The lowest BCUT2D eigenvalue weighted by atomic mass is 10.0. The lowest BCUT2D eigenvalue weighted by Crippen LogP contribution is -2.03. The molecule has 0 aliphatic carbocycles. The van der Waals surface area contributed by atoms with E-state index < -0.39 is 0 Å². The molecule has 0 saturated carbocycles. The van der Waals surface area contributed by atoms with Gasteiger partial charge in [-0.15, -0.1) is 0 Å². The summed E-state index contributed by atoms with van der Waals surface area (Å²) in [7, 11) is 1.87. The normalized spacial score (nSPS) is 22.1. The van der Waals surface area contributed by atoms with Gasteiger partial charge in [0.1, 0.15) is 5.82 Å². The molecule has 2 heterocycles. The van der Waals surface area contributed by atoms with Gasteiger partial charge in [-0.05, 0) is 18.8 Å². The highest BCUT2D eigenvalue weighted by molar-refractivity contribution is 5.34. The van der Waals surface area contributed by atoms with Crippen molar-refractivity contribution in [2.45, 2.75) is 12.8 Å². The lowest BCUT2D eigenvalue weighted by Gasteiger charge is -2.03. The molecule has 4 nitrogen and oxygen atoms in total. The minimum absolute atomic E-state index is 0.671. The molecule has 1 fully saturated rings. The Morgan fingerprint density at radius 2 is 2.69 bits per heavy atom. The smallest absolute Gasteiger partial charge is 0.147 e. The molecule has 0 radical (unpaired) electrons. The molecule has 1 unspecified atom stereocenters. The summed E-state index contributed by atoms with van der Waals surface area (Å²) in [5.74, 6) is 1.58. The number of nitrogens with one attached hydrogen (secondary N) is 2. The Morgan fingerprint density at radius 1 is 1.77 bits per heavy atom. The maximum Gasteiger partial charge on any atom is 0.147 e. The van der Waals surface area contributed by atoms with Crippen LogP contribution < -0.4 is 5.32 Å². The van der Waals surface area contributed by atoms with Crippen LogP contribution in [0, 0.1) is 5.92 Å². The van der Waals surface area contributed by atoms with E-state index in [1.165, 1.54) is 12.1 Å². The summed E-state index contributed by atoms with van der Waals surface area (Å²) in [5.41, 5.74) is 1.19. The van der Waals surface area contributed by atoms with Gasteiger partial charge in [-0.3, -0.25) is 5.10 Å². The lowest BCUT2D eigenvalue weighted by molar-refractivity contribution is 0.185. The highest BCUT2D eigenvalue weighted by Crippen LogP contribution is 2.18. The molecule has 1 aliphatic heterocycles. The summed E-state index contributed by atoms with van der Waals surface area (Å²) in [6.45, 7) is 1.81. The van der Waals surface area contributed by atoms with Crippen LogP contribution in [0.25, 0.3) is 0 Å². The van der Waals surface area contributed by atoms with Crippen molar-refractivity contribution in [3.05, 3.63) is 11.8 Å². The summed E-state index contributed by atoms with van der Waals surface area (Å²) in [6, 6.07) is 2.05. The van der Waals surface area contributed by atoms with Crippen molar-refractivity contribution in [1.82, 2.24) is 10.2 Å². The van der Waals surface area contributed by atoms with Gasteiger partial charge >= 0.3 is 0 Å². The van der Waals surface area contributed by atoms with Gasteiger partial charge in [0.15, 0.2) is 0 Å². The molecule has 0 bridgehead atoms. The third kappa shape index (κ3) is 2.01. The first-order valence-electron chi connectivity index (χ1n) is 4.68. The topological polar surface area (TPSA) is 49.9 Å². The van der Waals surface area contributed by atoms with Gasteiger partial charge in [-0.25, -0.2) is 0 Å². The zero-order chi connectivity index (χ0) is 9.10. The fraction of sp³-hybridized carbons (Fsp3) is 0.667. The van der Waals surface area contributed by atoms with Gasteiger partial charge in [-0.2, -0.15) is 5.10 Å². The molecule has 0 aromatic carbocycles. The molecule has 72 valence electrons. The van der Waals surface area contributed by atoms with E-state index in [2.05, 4.69) is 21.6 Å². The SMILES string of the molecule is CNc1cc(CC2CCOC2)[nH]n1. The number of anilines is 1. The van der Waals surface area contributed by atoms with Crippen LogP contribution in [0.5, 0.6) is 0 Å². The number of aromatic nitrogens is 2. The summed E-state index contributed by atoms with van der Waals surface area (Å²) in [4.78, 5) is 0. The van der Waals surface area contributed by atoms with E-state index in [4.69, 9.17) is 4.74 Å². The van der Waals surface area contributed by atoms with Crippen molar-refractivity contribution in [2.75, 3.05) is 25.6 Å². The maximum atomic E-state index is 5.31. The van der Waals surface area contributed by atoms with E-state index in [0.717, 1.165) is 25.5 Å². The van der Waals surface area contributed by atoms with E-state index in [-0.39, 0.29) is 0 Å². The molecule has 1 aromatic heterocycles. The number of aromatic amines is 1. The number of rotatable bonds is 3. The minimum Gasteiger partial charge on any atom is -0.381 e. The number of nitrogens with zero attached hydrogens (tertiary/aromatic N) is 1. The van der Waals surface area contributed by atoms with Crippen molar-refractivity contribution < 1.29 is 4.74 Å². The number of hydrogen-bond acceptors (Lipinski definition) is 3. The Kier molecular flexibility index (Phi) is 2.49. The van der Waals surface area contributed by atoms with Crippen molar-refractivity contribution in [1.29, 1.82) is 0 Å². The van der Waals surface area contributed by atoms with Crippen molar-refractivity contribution in [2.24, 2.45) is 5.92 Å². The number of ether oxygens (including phenoxy) is 1. The predicted octanol–water partition coefficient (Wildman–Crippen LogP) is 1.03. The maximum absolute atomic E-state index is 5.31. The Balaban J connectivity index is 1.92. The monoisotopic (exact) mass is 181 g/mol. The zero-order valence-corrected chi connectivity index (χ0v) is 7.84. The number of H-pyrrole nitrogens is 1. The van der Waals surface area contributed by atoms with Crippen LogP contribution in [-0.4, -0.2) is 30.5 Å².